The minimum absolute atomic E-state index is 0.00329. The van der Waals surface area contributed by atoms with Crippen LogP contribution in [0.1, 0.15) is 37.2 Å². The smallest absolute Gasteiger partial charge is 0.303 e. The predicted octanol–water partition coefficient (Wildman–Crippen LogP) is 2.00. The van der Waals surface area contributed by atoms with Crippen LogP contribution >= 0.6 is 0 Å². The number of fused-ring (bicyclic) bond motifs is 1. The second-order valence-electron chi connectivity index (χ2n) is 5.48. The molecule has 1 aromatic carbocycles. The summed E-state index contributed by atoms with van der Waals surface area (Å²) in [5.74, 6) is -1.24. The molecule has 1 aromatic heterocycles. The lowest BCUT2D eigenvalue weighted by molar-refractivity contribution is -0.137. The fraction of sp³-hybridized carbons (Fsp3) is 0.333. The third-order valence-corrected chi connectivity index (χ3v) is 3.10. The van der Waals surface area contributed by atoms with E-state index >= 15 is 0 Å². The van der Waals surface area contributed by atoms with Crippen LogP contribution in [-0.4, -0.2) is 32.5 Å². The summed E-state index contributed by atoms with van der Waals surface area (Å²) in [5, 5.41) is 11.5. The van der Waals surface area contributed by atoms with Crippen molar-refractivity contribution in [2.24, 2.45) is 0 Å². The summed E-state index contributed by atoms with van der Waals surface area (Å²) in [6.07, 6.45) is 1.76. The van der Waals surface area contributed by atoms with Crippen molar-refractivity contribution >= 4 is 22.9 Å². The molecule has 2 N–H and O–H groups in total. The Morgan fingerprint density at radius 1 is 1.24 bits per heavy atom. The summed E-state index contributed by atoms with van der Waals surface area (Å²) in [4.78, 5) is 31.3. The number of carboxylic acid groups (broad SMARTS) is 1. The molecule has 0 unspecified atom stereocenters. The van der Waals surface area contributed by atoms with E-state index in [2.05, 4.69) is 15.3 Å². The molecule has 110 valence electrons. The zero-order chi connectivity index (χ0) is 15.5. The van der Waals surface area contributed by atoms with Gasteiger partial charge in [0.1, 0.15) is 5.69 Å². The maximum Gasteiger partial charge on any atom is 0.303 e. The van der Waals surface area contributed by atoms with E-state index in [9.17, 15) is 9.59 Å². The molecule has 6 nitrogen and oxygen atoms in total. The van der Waals surface area contributed by atoms with Gasteiger partial charge < -0.3 is 10.4 Å². The van der Waals surface area contributed by atoms with Gasteiger partial charge in [0.25, 0.3) is 5.91 Å². The van der Waals surface area contributed by atoms with Gasteiger partial charge in [-0.05, 0) is 32.4 Å². The number of hydrogen-bond donors (Lipinski definition) is 2. The molecule has 0 fully saturated rings. The summed E-state index contributed by atoms with van der Waals surface area (Å²) < 4.78 is 0. The first-order valence-corrected chi connectivity index (χ1v) is 6.63. The zero-order valence-electron chi connectivity index (χ0n) is 12.0. The van der Waals surface area contributed by atoms with Gasteiger partial charge in [0.05, 0.1) is 17.2 Å². The average molecular weight is 287 g/mol. The van der Waals surface area contributed by atoms with E-state index in [0.717, 1.165) is 5.52 Å². The van der Waals surface area contributed by atoms with Crippen LogP contribution in [0.25, 0.3) is 11.0 Å². The highest BCUT2D eigenvalue weighted by molar-refractivity contribution is 5.94. The Balaban J connectivity index is 2.12. The van der Waals surface area contributed by atoms with Crippen molar-refractivity contribution in [1.29, 1.82) is 0 Å². The normalized spacial score (nSPS) is 11.3. The van der Waals surface area contributed by atoms with Gasteiger partial charge in [0.2, 0.25) is 0 Å². The second-order valence-corrected chi connectivity index (χ2v) is 5.48. The molecule has 0 aliphatic heterocycles. The Morgan fingerprint density at radius 2 is 1.90 bits per heavy atom. The molecule has 1 heterocycles. The van der Waals surface area contributed by atoms with Crippen molar-refractivity contribution in [1.82, 2.24) is 15.3 Å². The largest absolute Gasteiger partial charge is 0.481 e. The van der Waals surface area contributed by atoms with Gasteiger partial charge in [-0.1, -0.05) is 12.1 Å². The maximum atomic E-state index is 12.2. The SMILES string of the molecule is CC(C)(CCC(=O)O)NC(=O)c1cnc2ccccc2n1. The fourth-order valence-corrected chi connectivity index (χ4v) is 1.92. The highest BCUT2D eigenvalue weighted by Crippen LogP contribution is 2.13. The molecule has 0 aliphatic carbocycles. The lowest BCUT2D eigenvalue weighted by Crippen LogP contribution is -2.44. The molecule has 0 bridgehead atoms. The van der Waals surface area contributed by atoms with Crippen LogP contribution in [0.15, 0.2) is 30.5 Å². The predicted molar refractivity (Wildman–Crippen MR) is 78.0 cm³/mol. The van der Waals surface area contributed by atoms with Crippen LogP contribution in [0.2, 0.25) is 0 Å². The highest BCUT2D eigenvalue weighted by Gasteiger charge is 2.23. The number of aromatic nitrogens is 2. The molecule has 21 heavy (non-hydrogen) atoms. The molecule has 0 atom stereocenters. The fourth-order valence-electron chi connectivity index (χ4n) is 1.92. The van der Waals surface area contributed by atoms with Crippen molar-refractivity contribution in [2.45, 2.75) is 32.2 Å². The van der Waals surface area contributed by atoms with E-state index in [1.165, 1.54) is 6.20 Å². The molecule has 0 aliphatic rings. The van der Waals surface area contributed by atoms with Gasteiger partial charge in [-0.3, -0.25) is 14.6 Å². The number of hydrogen-bond acceptors (Lipinski definition) is 4. The molecule has 0 radical (unpaired) electrons. The molecule has 2 rings (SSSR count). The van der Waals surface area contributed by atoms with E-state index in [0.29, 0.717) is 11.9 Å². The quantitative estimate of drug-likeness (QED) is 0.877. The minimum Gasteiger partial charge on any atom is -0.481 e. The molecule has 0 spiro atoms. The first kappa shape index (κ1) is 14.9. The summed E-state index contributed by atoms with van der Waals surface area (Å²) in [7, 11) is 0. The molecule has 6 heteroatoms. The van der Waals surface area contributed by atoms with Crippen molar-refractivity contribution < 1.29 is 14.7 Å². The summed E-state index contributed by atoms with van der Waals surface area (Å²) in [6, 6.07) is 7.29. The summed E-state index contributed by atoms with van der Waals surface area (Å²) in [6.45, 7) is 3.56. The van der Waals surface area contributed by atoms with E-state index in [1.807, 2.05) is 18.2 Å². The van der Waals surface area contributed by atoms with Crippen molar-refractivity contribution in [3.8, 4) is 0 Å². The summed E-state index contributed by atoms with van der Waals surface area (Å²) >= 11 is 0. The Hall–Kier alpha value is -2.50. The van der Waals surface area contributed by atoms with E-state index in [4.69, 9.17) is 5.11 Å². The number of carbonyl (C=O) groups is 2. The topological polar surface area (TPSA) is 92.2 Å². The van der Waals surface area contributed by atoms with Gasteiger partial charge in [0.15, 0.2) is 0 Å². The van der Waals surface area contributed by atoms with Crippen molar-refractivity contribution in [3.05, 3.63) is 36.2 Å². The molecule has 2 aromatic rings. The molecule has 1 amide bonds. The highest BCUT2D eigenvalue weighted by atomic mass is 16.4. The molecular weight excluding hydrogens is 270 g/mol. The van der Waals surface area contributed by atoms with Crippen molar-refractivity contribution in [3.63, 3.8) is 0 Å². The number of carboxylic acids is 1. The number of benzene rings is 1. The second kappa shape index (κ2) is 5.87. The van der Waals surface area contributed by atoms with Crippen LogP contribution in [0, 0.1) is 0 Å². The monoisotopic (exact) mass is 287 g/mol. The van der Waals surface area contributed by atoms with E-state index < -0.39 is 11.5 Å². The van der Waals surface area contributed by atoms with Crippen LogP contribution in [-0.2, 0) is 4.79 Å². The summed E-state index contributed by atoms with van der Waals surface area (Å²) in [5.41, 5.74) is 0.966. The third-order valence-electron chi connectivity index (χ3n) is 3.10. The first-order chi connectivity index (χ1) is 9.87. The third kappa shape index (κ3) is 3.98. The number of carbonyl (C=O) groups excluding carboxylic acids is 1. The minimum atomic E-state index is -0.886. The van der Waals surface area contributed by atoms with Crippen molar-refractivity contribution in [2.75, 3.05) is 0 Å². The number of nitrogens with one attached hydrogen (secondary N) is 1. The zero-order valence-corrected chi connectivity index (χ0v) is 12.0. The van der Waals surface area contributed by atoms with Crippen LogP contribution in [0.3, 0.4) is 0 Å². The molecular formula is C15H17N3O3. The van der Waals surface area contributed by atoms with Gasteiger partial charge in [0, 0.05) is 12.0 Å². The average Bonchev–Trinajstić information content (AvgIpc) is 2.44. The lowest BCUT2D eigenvalue weighted by Gasteiger charge is -2.25. The molecule has 0 saturated heterocycles. The molecule has 0 saturated carbocycles. The Morgan fingerprint density at radius 3 is 2.57 bits per heavy atom. The Kier molecular flexibility index (Phi) is 4.16. The number of amides is 1. The van der Waals surface area contributed by atoms with Crippen LogP contribution in [0.4, 0.5) is 0 Å². The van der Waals surface area contributed by atoms with E-state index in [1.54, 1.807) is 19.9 Å². The lowest BCUT2D eigenvalue weighted by atomic mass is 9.98. The maximum absolute atomic E-state index is 12.2. The number of para-hydroxylation sites is 2. The Labute approximate surface area is 122 Å². The Bertz CT molecular complexity index is 683. The van der Waals surface area contributed by atoms with Gasteiger partial charge in [-0.15, -0.1) is 0 Å². The van der Waals surface area contributed by atoms with Gasteiger partial charge in [-0.2, -0.15) is 0 Å². The standard InChI is InChI=1S/C15H17N3O3/c1-15(2,8-7-13(19)20)18-14(21)12-9-16-10-5-3-4-6-11(10)17-12/h3-6,9H,7-8H2,1-2H3,(H,18,21)(H,19,20). The first-order valence-electron chi connectivity index (χ1n) is 6.63. The van der Waals surface area contributed by atoms with Crippen LogP contribution in [0.5, 0.6) is 0 Å². The van der Waals surface area contributed by atoms with Gasteiger partial charge >= 0.3 is 5.97 Å². The number of nitrogens with zero attached hydrogens (tertiary/aromatic N) is 2. The number of rotatable bonds is 5. The van der Waals surface area contributed by atoms with E-state index in [-0.39, 0.29) is 18.0 Å². The number of aliphatic carboxylic acids is 1. The van der Waals surface area contributed by atoms with Gasteiger partial charge in [-0.25, -0.2) is 4.98 Å². The van der Waals surface area contributed by atoms with Crippen LogP contribution < -0.4 is 5.32 Å².